The van der Waals surface area contributed by atoms with Gasteiger partial charge in [0.15, 0.2) is 0 Å². The highest BCUT2D eigenvalue weighted by atomic mass is 35.5. The van der Waals surface area contributed by atoms with Crippen LogP contribution in [0.3, 0.4) is 0 Å². The van der Waals surface area contributed by atoms with Crippen LogP contribution in [0, 0.1) is 0 Å². The molecule has 0 aliphatic heterocycles. The average molecular weight is 308 g/mol. The first kappa shape index (κ1) is 14.7. The molecule has 0 heterocycles. The van der Waals surface area contributed by atoms with Gasteiger partial charge in [0.25, 0.3) is 5.91 Å². The van der Waals surface area contributed by atoms with E-state index in [4.69, 9.17) is 16.7 Å². The van der Waals surface area contributed by atoms with E-state index in [2.05, 4.69) is 5.32 Å². The number of rotatable bonds is 3. The van der Waals surface area contributed by atoms with Crippen LogP contribution in [-0.4, -0.2) is 27.2 Å². The van der Waals surface area contributed by atoms with E-state index in [1.54, 1.807) is 0 Å². The first-order valence-electron chi connectivity index (χ1n) is 5.74. The Bertz CT molecular complexity index is 729. The summed E-state index contributed by atoms with van der Waals surface area (Å²) >= 11 is 5.67. The first-order valence-corrected chi connectivity index (χ1v) is 6.12. The predicted molar refractivity (Wildman–Crippen MR) is 76.1 cm³/mol. The molecule has 0 atom stereocenters. The number of anilines is 1. The molecule has 2 rings (SSSR count). The number of halogens is 1. The number of carbonyl (C=O) groups excluding carboxylic acids is 1. The third-order valence-corrected chi connectivity index (χ3v) is 2.93. The molecule has 4 N–H and O–H groups in total. The van der Waals surface area contributed by atoms with E-state index in [0.29, 0.717) is 0 Å². The van der Waals surface area contributed by atoms with Crippen LogP contribution >= 0.6 is 11.6 Å². The quantitative estimate of drug-likeness (QED) is 0.697. The molecule has 0 fully saturated rings. The third kappa shape index (κ3) is 3.24. The third-order valence-electron chi connectivity index (χ3n) is 2.69. The van der Waals surface area contributed by atoms with Gasteiger partial charge >= 0.3 is 5.97 Å². The van der Waals surface area contributed by atoms with Gasteiger partial charge in [-0.05, 0) is 30.3 Å². The SMILES string of the molecule is O=C(O)c1ccc(NC(=O)c2ccc(Cl)cc2O)cc1O. The standard InChI is InChI=1S/C14H10ClNO5/c15-7-1-3-9(11(17)5-7)13(19)16-8-2-4-10(14(20)21)12(18)6-8/h1-6,17-18H,(H,16,19)(H,20,21). The van der Waals surface area contributed by atoms with Gasteiger partial charge in [-0.2, -0.15) is 0 Å². The van der Waals surface area contributed by atoms with Gasteiger partial charge in [0.1, 0.15) is 17.1 Å². The van der Waals surface area contributed by atoms with Crippen molar-refractivity contribution in [2.75, 3.05) is 5.32 Å². The molecule has 21 heavy (non-hydrogen) atoms. The Morgan fingerprint density at radius 3 is 2.14 bits per heavy atom. The van der Waals surface area contributed by atoms with Gasteiger partial charge in [-0.25, -0.2) is 4.79 Å². The van der Waals surface area contributed by atoms with Gasteiger partial charge in [0, 0.05) is 16.8 Å². The minimum absolute atomic E-state index is 0.00111. The van der Waals surface area contributed by atoms with Crippen molar-refractivity contribution in [2.45, 2.75) is 0 Å². The maximum atomic E-state index is 12.0. The van der Waals surface area contributed by atoms with Crippen LogP contribution < -0.4 is 5.32 Å². The van der Waals surface area contributed by atoms with Gasteiger partial charge in [-0.3, -0.25) is 4.79 Å². The van der Waals surface area contributed by atoms with Crippen molar-refractivity contribution in [3.05, 3.63) is 52.5 Å². The van der Waals surface area contributed by atoms with Crippen LogP contribution in [0.1, 0.15) is 20.7 Å². The number of carboxylic acids is 1. The largest absolute Gasteiger partial charge is 0.507 e. The van der Waals surface area contributed by atoms with E-state index in [9.17, 15) is 19.8 Å². The number of aromatic hydroxyl groups is 2. The highest BCUT2D eigenvalue weighted by Crippen LogP contribution is 2.25. The van der Waals surface area contributed by atoms with Crippen LogP contribution in [-0.2, 0) is 0 Å². The minimum atomic E-state index is -1.28. The van der Waals surface area contributed by atoms with Crippen LogP contribution in [0.25, 0.3) is 0 Å². The molecule has 2 aromatic rings. The van der Waals surface area contributed by atoms with Gasteiger partial charge in [0.2, 0.25) is 0 Å². The van der Waals surface area contributed by atoms with E-state index in [1.807, 2.05) is 0 Å². The second kappa shape index (κ2) is 5.72. The summed E-state index contributed by atoms with van der Waals surface area (Å²) in [6.45, 7) is 0. The Hall–Kier alpha value is -2.73. The van der Waals surface area contributed by atoms with Crippen LogP contribution in [0.15, 0.2) is 36.4 Å². The van der Waals surface area contributed by atoms with E-state index in [-0.39, 0.29) is 27.6 Å². The molecule has 0 aliphatic rings. The van der Waals surface area contributed by atoms with E-state index in [0.717, 1.165) is 12.1 Å². The van der Waals surface area contributed by atoms with E-state index < -0.39 is 17.6 Å². The molecule has 0 saturated carbocycles. The number of benzene rings is 2. The Morgan fingerprint density at radius 1 is 0.952 bits per heavy atom. The summed E-state index contributed by atoms with van der Waals surface area (Å²) in [5.74, 6) is -2.65. The molecular formula is C14H10ClNO5. The zero-order valence-electron chi connectivity index (χ0n) is 10.5. The fraction of sp³-hybridized carbons (Fsp3) is 0. The zero-order valence-corrected chi connectivity index (χ0v) is 11.3. The Balaban J connectivity index is 2.23. The summed E-state index contributed by atoms with van der Waals surface area (Å²) in [6.07, 6.45) is 0. The van der Waals surface area contributed by atoms with Gasteiger partial charge in [-0.1, -0.05) is 11.6 Å². The smallest absolute Gasteiger partial charge is 0.339 e. The zero-order chi connectivity index (χ0) is 15.6. The van der Waals surface area contributed by atoms with Gasteiger partial charge in [0.05, 0.1) is 5.56 Å². The van der Waals surface area contributed by atoms with Gasteiger partial charge in [-0.15, -0.1) is 0 Å². The Labute approximate surface area is 124 Å². The van der Waals surface area contributed by atoms with Crippen LogP contribution in [0.4, 0.5) is 5.69 Å². The Morgan fingerprint density at radius 2 is 1.57 bits per heavy atom. The first-order chi connectivity index (χ1) is 9.88. The maximum absolute atomic E-state index is 12.0. The number of hydrogen-bond donors (Lipinski definition) is 4. The van der Waals surface area contributed by atoms with Crippen LogP contribution in [0.2, 0.25) is 5.02 Å². The lowest BCUT2D eigenvalue weighted by Crippen LogP contribution is -2.12. The second-order valence-electron chi connectivity index (χ2n) is 4.15. The van der Waals surface area contributed by atoms with E-state index in [1.165, 1.54) is 24.3 Å². The van der Waals surface area contributed by atoms with Crippen molar-refractivity contribution in [3.63, 3.8) is 0 Å². The highest BCUT2D eigenvalue weighted by molar-refractivity contribution is 6.31. The molecule has 6 nitrogen and oxygen atoms in total. The fourth-order valence-electron chi connectivity index (χ4n) is 1.69. The summed E-state index contributed by atoms with van der Waals surface area (Å²) in [4.78, 5) is 22.7. The van der Waals surface area contributed by atoms with Gasteiger partial charge < -0.3 is 20.6 Å². The summed E-state index contributed by atoms with van der Waals surface area (Å²) < 4.78 is 0. The molecular weight excluding hydrogens is 298 g/mol. The minimum Gasteiger partial charge on any atom is -0.507 e. The van der Waals surface area contributed by atoms with Crippen molar-refractivity contribution in [1.29, 1.82) is 0 Å². The molecule has 2 aromatic carbocycles. The molecule has 0 spiro atoms. The molecule has 0 bridgehead atoms. The number of phenolic OH excluding ortho intramolecular Hbond substituents is 1. The Kier molecular flexibility index (Phi) is 4.00. The van der Waals surface area contributed by atoms with Crippen molar-refractivity contribution in [1.82, 2.24) is 0 Å². The molecule has 7 heteroatoms. The topological polar surface area (TPSA) is 107 Å². The maximum Gasteiger partial charge on any atom is 0.339 e. The molecule has 0 aliphatic carbocycles. The van der Waals surface area contributed by atoms with Crippen molar-refractivity contribution < 1.29 is 24.9 Å². The lowest BCUT2D eigenvalue weighted by molar-refractivity contribution is 0.0693. The van der Waals surface area contributed by atoms with Crippen LogP contribution in [0.5, 0.6) is 11.5 Å². The number of nitrogens with one attached hydrogen (secondary N) is 1. The average Bonchev–Trinajstić information content (AvgIpc) is 2.37. The second-order valence-corrected chi connectivity index (χ2v) is 4.59. The molecule has 108 valence electrons. The van der Waals surface area contributed by atoms with E-state index >= 15 is 0 Å². The molecule has 0 radical (unpaired) electrons. The molecule has 0 saturated heterocycles. The van der Waals surface area contributed by atoms with Crippen molar-refractivity contribution in [2.24, 2.45) is 0 Å². The summed E-state index contributed by atoms with van der Waals surface area (Å²) in [5.41, 5.74) is -0.0830. The number of aromatic carboxylic acids is 1. The number of amides is 1. The monoisotopic (exact) mass is 307 g/mol. The predicted octanol–water partition coefficient (Wildman–Crippen LogP) is 2.70. The summed E-state index contributed by atoms with van der Waals surface area (Å²) in [7, 11) is 0. The number of hydrogen-bond acceptors (Lipinski definition) is 4. The van der Waals surface area contributed by atoms with Crippen molar-refractivity contribution >= 4 is 29.2 Å². The fourth-order valence-corrected chi connectivity index (χ4v) is 1.85. The summed E-state index contributed by atoms with van der Waals surface area (Å²) in [6, 6.07) is 7.61. The summed E-state index contributed by atoms with van der Waals surface area (Å²) in [5, 5.41) is 30.7. The molecule has 0 unspecified atom stereocenters. The molecule has 0 aromatic heterocycles. The molecule has 1 amide bonds. The highest BCUT2D eigenvalue weighted by Gasteiger charge is 2.14. The number of phenols is 2. The number of carboxylic acid groups (broad SMARTS) is 1. The van der Waals surface area contributed by atoms with Crippen molar-refractivity contribution in [3.8, 4) is 11.5 Å². The lowest BCUT2D eigenvalue weighted by atomic mass is 10.1. The number of carbonyl (C=O) groups is 2. The lowest BCUT2D eigenvalue weighted by Gasteiger charge is -2.08. The normalized spacial score (nSPS) is 10.1.